The quantitative estimate of drug-likeness (QED) is 0.696. The molecule has 0 amide bonds. The largest absolute Gasteiger partial charge is 0.397 e. The predicted molar refractivity (Wildman–Crippen MR) is 82.2 cm³/mol. The van der Waals surface area contributed by atoms with Gasteiger partial charge in [0.2, 0.25) is 5.82 Å². The number of thiophene rings is 1. The molecular formula is C13H9Cl2N3OS. The molecule has 0 aliphatic carbocycles. The normalized spacial score (nSPS) is 10.9. The Balaban J connectivity index is 2.09. The van der Waals surface area contributed by atoms with Crippen LogP contribution in [0.2, 0.25) is 10.0 Å². The van der Waals surface area contributed by atoms with Crippen LogP contribution in [0.4, 0.5) is 5.69 Å². The van der Waals surface area contributed by atoms with Gasteiger partial charge in [-0.25, -0.2) is 0 Å². The van der Waals surface area contributed by atoms with E-state index in [2.05, 4.69) is 10.1 Å². The number of anilines is 1. The van der Waals surface area contributed by atoms with E-state index in [4.69, 9.17) is 33.5 Å². The van der Waals surface area contributed by atoms with Crippen molar-refractivity contribution in [1.29, 1.82) is 0 Å². The predicted octanol–water partition coefficient (Wildman–Crippen LogP) is 4.66. The summed E-state index contributed by atoms with van der Waals surface area (Å²) >= 11 is 13.6. The van der Waals surface area contributed by atoms with Gasteiger partial charge in [0.25, 0.3) is 5.89 Å². The molecule has 3 aromatic rings. The lowest BCUT2D eigenvalue weighted by Gasteiger charge is -2.03. The number of rotatable bonds is 2. The van der Waals surface area contributed by atoms with Crippen molar-refractivity contribution in [2.24, 2.45) is 0 Å². The molecule has 0 saturated carbocycles. The van der Waals surface area contributed by atoms with Gasteiger partial charge in [0.15, 0.2) is 0 Å². The molecule has 2 N–H and O–H groups in total. The smallest absolute Gasteiger partial charge is 0.260 e. The zero-order valence-corrected chi connectivity index (χ0v) is 12.7. The van der Waals surface area contributed by atoms with Crippen molar-refractivity contribution in [2.75, 3.05) is 5.73 Å². The van der Waals surface area contributed by atoms with Crippen molar-refractivity contribution >= 4 is 40.2 Å². The van der Waals surface area contributed by atoms with Crippen LogP contribution in [0.3, 0.4) is 0 Å². The molecule has 0 fully saturated rings. The van der Waals surface area contributed by atoms with E-state index in [9.17, 15) is 0 Å². The molecule has 102 valence electrons. The molecule has 0 aliphatic heterocycles. The molecule has 1 aromatic carbocycles. The van der Waals surface area contributed by atoms with Crippen molar-refractivity contribution in [3.63, 3.8) is 0 Å². The van der Waals surface area contributed by atoms with Gasteiger partial charge in [0, 0.05) is 16.0 Å². The first-order chi connectivity index (χ1) is 9.56. The van der Waals surface area contributed by atoms with Gasteiger partial charge in [0.05, 0.1) is 16.3 Å². The van der Waals surface area contributed by atoms with Gasteiger partial charge in [-0.15, -0.1) is 0 Å². The Morgan fingerprint density at radius 3 is 2.70 bits per heavy atom. The van der Waals surface area contributed by atoms with E-state index in [0.29, 0.717) is 33.0 Å². The summed E-state index contributed by atoms with van der Waals surface area (Å²) in [4.78, 5) is 4.36. The van der Waals surface area contributed by atoms with Gasteiger partial charge in [-0.3, -0.25) is 0 Å². The van der Waals surface area contributed by atoms with E-state index in [0.717, 1.165) is 11.1 Å². The second kappa shape index (κ2) is 5.09. The highest BCUT2D eigenvalue weighted by Gasteiger charge is 2.17. The van der Waals surface area contributed by atoms with Crippen LogP contribution < -0.4 is 5.73 Å². The minimum Gasteiger partial charge on any atom is -0.397 e. The van der Waals surface area contributed by atoms with E-state index < -0.39 is 0 Å². The zero-order chi connectivity index (χ0) is 14.3. The molecule has 2 aromatic heterocycles. The van der Waals surface area contributed by atoms with Gasteiger partial charge in [-0.1, -0.05) is 28.4 Å². The Labute approximate surface area is 129 Å². The zero-order valence-electron chi connectivity index (χ0n) is 10.4. The van der Waals surface area contributed by atoms with E-state index >= 15 is 0 Å². The number of nitrogens with two attached hydrogens (primary N) is 1. The fourth-order valence-electron chi connectivity index (χ4n) is 1.79. The van der Waals surface area contributed by atoms with Crippen molar-refractivity contribution in [2.45, 2.75) is 6.92 Å². The van der Waals surface area contributed by atoms with Gasteiger partial charge >= 0.3 is 0 Å². The van der Waals surface area contributed by atoms with Crippen LogP contribution in [0.5, 0.6) is 0 Å². The lowest BCUT2D eigenvalue weighted by Crippen LogP contribution is -1.92. The molecule has 2 heterocycles. The highest BCUT2D eigenvalue weighted by molar-refractivity contribution is 7.08. The van der Waals surface area contributed by atoms with Crippen LogP contribution in [-0.4, -0.2) is 10.1 Å². The fourth-order valence-corrected chi connectivity index (χ4v) is 3.11. The Bertz CT molecular complexity index is 782. The van der Waals surface area contributed by atoms with E-state index in [-0.39, 0.29) is 0 Å². The minimum absolute atomic E-state index is 0.299. The molecular weight excluding hydrogens is 317 g/mol. The number of hydrogen-bond acceptors (Lipinski definition) is 5. The third-order valence-electron chi connectivity index (χ3n) is 2.85. The van der Waals surface area contributed by atoms with E-state index in [1.54, 1.807) is 23.5 Å². The molecule has 7 heteroatoms. The number of nitrogen functional groups attached to an aromatic ring is 1. The van der Waals surface area contributed by atoms with Crippen molar-refractivity contribution in [3.05, 3.63) is 38.5 Å². The first-order valence-corrected chi connectivity index (χ1v) is 7.38. The molecule has 3 rings (SSSR count). The summed E-state index contributed by atoms with van der Waals surface area (Å²) in [7, 11) is 0. The second-order valence-electron chi connectivity index (χ2n) is 4.24. The molecule has 4 nitrogen and oxygen atoms in total. The van der Waals surface area contributed by atoms with Crippen molar-refractivity contribution in [1.82, 2.24) is 10.1 Å². The molecule has 0 radical (unpaired) electrons. The summed E-state index contributed by atoms with van der Waals surface area (Å²) in [5.74, 6) is 0.821. The molecule has 0 aliphatic rings. The van der Waals surface area contributed by atoms with Crippen LogP contribution in [0.25, 0.3) is 22.8 Å². The molecule has 0 spiro atoms. The van der Waals surface area contributed by atoms with Crippen LogP contribution in [0, 0.1) is 6.92 Å². The van der Waals surface area contributed by atoms with Crippen LogP contribution >= 0.6 is 34.5 Å². The van der Waals surface area contributed by atoms with E-state index in [1.807, 2.05) is 17.7 Å². The van der Waals surface area contributed by atoms with Crippen LogP contribution in [0.1, 0.15) is 5.56 Å². The van der Waals surface area contributed by atoms with Gasteiger partial charge < -0.3 is 10.3 Å². The third kappa shape index (κ3) is 2.28. The Morgan fingerprint density at radius 1 is 1.20 bits per heavy atom. The molecule has 0 unspecified atom stereocenters. The Morgan fingerprint density at radius 2 is 2.00 bits per heavy atom. The van der Waals surface area contributed by atoms with E-state index in [1.165, 1.54) is 0 Å². The lowest BCUT2D eigenvalue weighted by molar-refractivity contribution is 0.432. The summed E-state index contributed by atoms with van der Waals surface area (Å²) in [5, 5.41) is 8.79. The number of nitrogens with zero attached hydrogens (tertiary/aromatic N) is 2. The average Bonchev–Trinajstić information content (AvgIpc) is 3.02. The highest BCUT2D eigenvalue weighted by Crippen LogP contribution is 2.35. The minimum atomic E-state index is 0.299. The molecule has 0 bridgehead atoms. The number of benzene rings is 1. The number of halogens is 2. The second-order valence-corrected chi connectivity index (χ2v) is 5.83. The Hall–Kier alpha value is -1.56. The van der Waals surface area contributed by atoms with Crippen LogP contribution in [0.15, 0.2) is 27.4 Å². The monoisotopic (exact) mass is 325 g/mol. The summed E-state index contributed by atoms with van der Waals surface area (Å²) in [6, 6.07) is 3.22. The maximum atomic E-state index is 6.00. The maximum Gasteiger partial charge on any atom is 0.260 e. The first-order valence-electron chi connectivity index (χ1n) is 5.68. The SMILES string of the molecule is Cc1cscc1-c1noc(-c2cc(Cl)cc(Cl)c2N)n1. The summed E-state index contributed by atoms with van der Waals surface area (Å²) in [6.45, 7) is 1.99. The lowest BCUT2D eigenvalue weighted by atomic mass is 10.2. The van der Waals surface area contributed by atoms with Crippen molar-refractivity contribution in [3.8, 4) is 22.8 Å². The highest BCUT2D eigenvalue weighted by atomic mass is 35.5. The first kappa shape index (κ1) is 13.4. The molecule has 0 atom stereocenters. The topological polar surface area (TPSA) is 64.9 Å². The fraction of sp³-hybridized carbons (Fsp3) is 0.0769. The van der Waals surface area contributed by atoms with Gasteiger partial charge in [0.1, 0.15) is 0 Å². The summed E-state index contributed by atoms with van der Waals surface area (Å²) in [6.07, 6.45) is 0. The van der Waals surface area contributed by atoms with Gasteiger partial charge in [-0.2, -0.15) is 16.3 Å². The number of hydrogen-bond donors (Lipinski definition) is 1. The number of aryl methyl sites for hydroxylation is 1. The Kier molecular flexibility index (Phi) is 3.41. The standard InChI is InChI=1S/C13H9Cl2N3OS/c1-6-4-20-5-9(6)12-17-13(19-18-12)8-2-7(14)3-10(15)11(8)16/h2-5H,16H2,1H3. The summed E-state index contributed by atoms with van der Waals surface area (Å²) < 4.78 is 5.27. The van der Waals surface area contributed by atoms with Crippen molar-refractivity contribution < 1.29 is 4.52 Å². The summed E-state index contributed by atoms with van der Waals surface area (Å²) in [5.41, 5.74) is 8.87. The van der Waals surface area contributed by atoms with Gasteiger partial charge in [-0.05, 0) is 30.0 Å². The maximum absolute atomic E-state index is 6.00. The average molecular weight is 326 g/mol. The van der Waals surface area contributed by atoms with Crippen LogP contribution in [-0.2, 0) is 0 Å². The third-order valence-corrected chi connectivity index (χ3v) is 4.24. The molecule has 0 saturated heterocycles. The molecule has 20 heavy (non-hydrogen) atoms. The number of aromatic nitrogens is 2.